The van der Waals surface area contributed by atoms with Crippen LogP contribution in [0.25, 0.3) is 0 Å². The molecular weight excluding hydrogens is 781 g/mol. The van der Waals surface area contributed by atoms with E-state index in [1.165, 1.54) is 109 Å². The summed E-state index contributed by atoms with van der Waals surface area (Å²) in [5.41, 5.74) is 5.34. The number of esters is 2. The monoisotopic (exact) mass is 868 g/mol. The van der Waals surface area contributed by atoms with Crippen molar-refractivity contribution < 1.29 is 47.5 Å². The number of unbranched alkanes of at least 4 members (excludes halogenated alkanes) is 22. The summed E-state index contributed by atoms with van der Waals surface area (Å²) in [6.45, 7) is 2.76. The Kier molecular flexibility index (Phi) is 41.3. The van der Waals surface area contributed by atoms with Crippen molar-refractivity contribution in [1.82, 2.24) is 0 Å². The maximum atomic E-state index is 12.6. The second kappa shape index (κ2) is 43.1. The fourth-order valence-electron chi connectivity index (χ4n) is 6.34. The van der Waals surface area contributed by atoms with Gasteiger partial charge in [-0.1, -0.05) is 184 Å². The predicted molar refractivity (Wildman–Crippen MR) is 245 cm³/mol. The molecule has 0 aliphatic rings. The summed E-state index contributed by atoms with van der Waals surface area (Å²) in [7, 11) is -4.73. The average Bonchev–Trinajstić information content (AvgIpc) is 3.22. The lowest BCUT2D eigenvalue weighted by Gasteiger charge is -2.20. The van der Waals surface area contributed by atoms with Crippen molar-refractivity contribution in [2.75, 3.05) is 19.8 Å². The molecule has 4 N–H and O–H groups in total. The molecule has 0 spiro atoms. The molecule has 0 amide bonds. The summed E-state index contributed by atoms with van der Waals surface area (Å²) in [4.78, 5) is 46.1. The van der Waals surface area contributed by atoms with E-state index in [0.717, 1.165) is 57.8 Å². The van der Waals surface area contributed by atoms with Gasteiger partial charge in [-0.15, -0.1) is 0 Å². The van der Waals surface area contributed by atoms with Crippen LogP contribution in [0.4, 0.5) is 0 Å². The molecule has 11 nitrogen and oxygen atoms in total. The number of phosphoric acid groups is 1. The Labute approximate surface area is 365 Å². The normalized spacial score (nSPS) is 14.1. The highest BCUT2D eigenvalue weighted by Crippen LogP contribution is 2.43. The van der Waals surface area contributed by atoms with Crippen LogP contribution in [0.3, 0.4) is 0 Å². The van der Waals surface area contributed by atoms with Gasteiger partial charge >= 0.3 is 25.7 Å². The molecule has 0 heterocycles. The predicted octanol–water partition coefficient (Wildman–Crippen LogP) is 13.0. The van der Waals surface area contributed by atoms with Gasteiger partial charge in [0.25, 0.3) is 0 Å². The lowest BCUT2D eigenvalue weighted by molar-refractivity contribution is -0.161. The molecule has 60 heavy (non-hydrogen) atoms. The Balaban J connectivity index is 4.37. The summed E-state index contributed by atoms with van der Waals surface area (Å²) in [6.07, 6.45) is 48.8. The molecule has 0 aromatic carbocycles. The quantitative estimate of drug-likeness (QED) is 0.0230. The smallest absolute Gasteiger partial charge is 0.472 e. The van der Waals surface area contributed by atoms with Gasteiger partial charge in [0.2, 0.25) is 0 Å². The van der Waals surface area contributed by atoms with E-state index in [-0.39, 0.29) is 19.4 Å². The molecule has 0 radical (unpaired) electrons. The highest BCUT2D eigenvalue weighted by atomic mass is 31.2. The van der Waals surface area contributed by atoms with E-state index < -0.39 is 51.1 Å². The van der Waals surface area contributed by atoms with Gasteiger partial charge in [-0.3, -0.25) is 23.4 Å². The molecular formula is C48H86NO10P. The van der Waals surface area contributed by atoms with Gasteiger partial charge < -0.3 is 25.2 Å². The number of phosphoric ester groups is 1. The van der Waals surface area contributed by atoms with Crippen LogP contribution in [0.15, 0.2) is 48.6 Å². The van der Waals surface area contributed by atoms with E-state index >= 15 is 0 Å². The molecule has 0 saturated heterocycles. The van der Waals surface area contributed by atoms with Gasteiger partial charge in [-0.2, -0.15) is 0 Å². The lowest BCUT2D eigenvalue weighted by Crippen LogP contribution is -2.34. The third-order valence-corrected chi connectivity index (χ3v) is 11.0. The van der Waals surface area contributed by atoms with E-state index in [4.69, 9.17) is 24.8 Å². The maximum Gasteiger partial charge on any atom is 0.472 e. The molecule has 12 heteroatoms. The van der Waals surface area contributed by atoms with Gasteiger partial charge in [0.05, 0.1) is 13.2 Å². The number of aliphatic carboxylic acids is 1. The Morgan fingerprint density at radius 2 is 0.883 bits per heavy atom. The number of allylic oxidation sites excluding steroid dienone is 8. The number of carbonyl (C=O) groups excluding carboxylic acids is 2. The van der Waals surface area contributed by atoms with Crippen molar-refractivity contribution in [1.29, 1.82) is 0 Å². The fourth-order valence-corrected chi connectivity index (χ4v) is 7.12. The van der Waals surface area contributed by atoms with E-state index in [1.807, 2.05) is 0 Å². The van der Waals surface area contributed by atoms with Gasteiger partial charge in [-0.05, 0) is 57.8 Å². The molecule has 0 aliphatic heterocycles. The first-order chi connectivity index (χ1) is 29.1. The third-order valence-electron chi connectivity index (χ3n) is 10.1. The van der Waals surface area contributed by atoms with Crippen molar-refractivity contribution in [2.24, 2.45) is 5.73 Å². The summed E-state index contributed by atoms with van der Waals surface area (Å²) in [6, 6.07) is -1.53. The largest absolute Gasteiger partial charge is 0.480 e. The van der Waals surface area contributed by atoms with Crippen molar-refractivity contribution in [3.05, 3.63) is 48.6 Å². The van der Waals surface area contributed by atoms with Gasteiger partial charge in [-0.25, -0.2) is 4.57 Å². The Bertz CT molecular complexity index is 1200. The van der Waals surface area contributed by atoms with E-state index in [9.17, 15) is 23.8 Å². The standard InChI is InChI=1S/C48H86NO10P/c1-3-5-7-9-11-13-15-17-19-21-22-24-26-28-30-32-34-36-38-40-47(51)59-44(42-57-60(54,55)58-43-45(49)48(52)53)41-56-46(50)39-37-35-33-31-29-27-25-23-20-18-16-14-12-10-8-6-4-2/h11,13,17,19,22,24,28,30,44-45H,3-10,12,14-16,18,20-21,23,25-27,29,31-43,49H2,1-2H3,(H,52,53)(H,54,55)/b13-11-,19-17-,24-22-,30-28-/t44-,45+/m1/s1. The van der Waals surface area contributed by atoms with Gasteiger partial charge in [0.15, 0.2) is 6.10 Å². The van der Waals surface area contributed by atoms with Crippen LogP contribution < -0.4 is 5.73 Å². The second-order valence-electron chi connectivity index (χ2n) is 15.9. The molecule has 0 aromatic rings. The van der Waals surface area contributed by atoms with Gasteiger partial charge in [0.1, 0.15) is 12.6 Å². The molecule has 0 fully saturated rings. The highest BCUT2D eigenvalue weighted by molar-refractivity contribution is 7.47. The minimum atomic E-state index is -4.73. The number of carboxylic acids is 1. The summed E-state index contributed by atoms with van der Waals surface area (Å²) < 4.78 is 32.7. The van der Waals surface area contributed by atoms with Crippen LogP contribution >= 0.6 is 7.82 Å². The van der Waals surface area contributed by atoms with Crippen molar-refractivity contribution >= 4 is 25.7 Å². The average molecular weight is 868 g/mol. The first-order valence-corrected chi connectivity index (χ1v) is 25.2. The van der Waals surface area contributed by atoms with Crippen LogP contribution in [0.5, 0.6) is 0 Å². The zero-order chi connectivity index (χ0) is 44.2. The van der Waals surface area contributed by atoms with Crippen LogP contribution in [0.1, 0.15) is 206 Å². The molecule has 348 valence electrons. The Morgan fingerprint density at radius 3 is 1.35 bits per heavy atom. The molecule has 0 rings (SSSR count). The minimum absolute atomic E-state index is 0.124. The maximum absolute atomic E-state index is 12.6. The summed E-state index contributed by atoms with van der Waals surface area (Å²) >= 11 is 0. The Hall–Kier alpha value is -2.56. The zero-order valence-electron chi connectivity index (χ0n) is 37.8. The van der Waals surface area contributed by atoms with Crippen molar-refractivity contribution in [3.63, 3.8) is 0 Å². The molecule has 1 unspecified atom stereocenters. The second-order valence-corrected chi connectivity index (χ2v) is 17.3. The highest BCUT2D eigenvalue weighted by Gasteiger charge is 2.28. The minimum Gasteiger partial charge on any atom is -0.480 e. The first kappa shape index (κ1) is 57.4. The van der Waals surface area contributed by atoms with E-state index in [0.29, 0.717) is 12.8 Å². The molecule has 0 saturated carbocycles. The zero-order valence-corrected chi connectivity index (χ0v) is 38.7. The lowest BCUT2D eigenvalue weighted by atomic mass is 10.0. The SMILES string of the molecule is CCCCC/C=C\C/C=C\C/C=C\C/C=C\CCCCCC(=O)O[C@H](COC(=O)CCCCCCCCCCCCCCCCCCC)COP(=O)(O)OC[C@H](N)C(=O)O. The van der Waals surface area contributed by atoms with E-state index in [1.54, 1.807) is 0 Å². The number of hydrogen-bond acceptors (Lipinski definition) is 9. The van der Waals surface area contributed by atoms with Crippen LogP contribution in [-0.2, 0) is 37.5 Å². The molecule has 0 aliphatic carbocycles. The van der Waals surface area contributed by atoms with Crippen molar-refractivity contribution in [2.45, 2.75) is 219 Å². The molecule has 0 aromatic heterocycles. The number of rotatable bonds is 44. The van der Waals surface area contributed by atoms with Crippen LogP contribution in [0.2, 0.25) is 0 Å². The summed E-state index contributed by atoms with van der Waals surface area (Å²) in [5.74, 6) is -2.41. The first-order valence-electron chi connectivity index (χ1n) is 23.7. The third kappa shape index (κ3) is 42.1. The number of carboxylic acid groups (broad SMARTS) is 1. The summed E-state index contributed by atoms with van der Waals surface area (Å²) in [5, 5.41) is 8.90. The number of ether oxygens (including phenoxy) is 2. The molecule has 0 bridgehead atoms. The van der Waals surface area contributed by atoms with Gasteiger partial charge in [0, 0.05) is 12.8 Å². The number of hydrogen-bond donors (Lipinski definition) is 3. The fraction of sp³-hybridized carbons (Fsp3) is 0.771. The van der Waals surface area contributed by atoms with Crippen LogP contribution in [-0.4, -0.2) is 59.9 Å². The van der Waals surface area contributed by atoms with E-state index in [2.05, 4.69) is 67.0 Å². The topological polar surface area (TPSA) is 172 Å². The molecule has 3 atom stereocenters. The Morgan fingerprint density at radius 1 is 0.517 bits per heavy atom. The van der Waals surface area contributed by atoms with Crippen molar-refractivity contribution in [3.8, 4) is 0 Å². The number of nitrogens with two attached hydrogens (primary N) is 1. The number of carbonyl (C=O) groups is 3. The van der Waals surface area contributed by atoms with Crippen LogP contribution in [0, 0.1) is 0 Å².